The number of esters is 1. The van der Waals surface area contributed by atoms with E-state index in [0.29, 0.717) is 16.3 Å². The fourth-order valence-electron chi connectivity index (χ4n) is 4.02. The van der Waals surface area contributed by atoms with Gasteiger partial charge in [-0.3, -0.25) is 4.79 Å². The van der Waals surface area contributed by atoms with Crippen LogP contribution in [-0.4, -0.2) is 13.1 Å². The van der Waals surface area contributed by atoms with Crippen LogP contribution in [0, 0.1) is 23.1 Å². The first-order chi connectivity index (χ1) is 16.3. The van der Waals surface area contributed by atoms with E-state index >= 15 is 0 Å². The second-order valence-corrected chi connectivity index (χ2v) is 9.26. The SMILES string of the molecule is COc1ccc(C(Cl)=CC2C(C(=O)OCc3ccc(F)c(Oc4ccccc4)c3)C2(C)C)cc1. The zero-order valence-electron chi connectivity index (χ0n) is 19.3. The largest absolute Gasteiger partial charge is 0.497 e. The molecule has 2 atom stereocenters. The zero-order valence-corrected chi connectivity index (χ0v) is 20.0. The van der Waals surface area contributed by atoms with E-state index < -0.39 is 5.82 Å². The Bertz CT molecular complexity index is 1190. The van der Waals surface area contributed by atoms with E-state index in [4.69, 9.17) is 25.8 Å². The predicted molar refractivity (Wildman–Crippen MR) is 130 cm³/mol. The molecule has 3 aromatic rings. The molecule has 0 spiro atoms. The van der Waals surface area contributed by atoms with Gasteiger partial charge in [0.05, 0.1) is 13.0 Å². The van der Waals surface area contributed by atoms with Crippen molar-refractivity contribution in [2.24, 2.45) is 17.3 Å². The number of carbonyl (C=O) groups is 1. The molecule has 0 aliphatic heterocycles. The number of hydrogen-bond acceptors (Lipinski definition) is 4. The summed E-state index contributed by atoms with van der Waals surface area (Å²) in [5.74, 6) is 0.220. The fourth-order valence-corrected chi connectivity index (χ4v) is 4.28. The van der Waals surface area contributed by atoms with Crippen LogP contribution in [0.15, 0.2) is 78.9 Å². The third-order valence-electron chi connectivity index (χ3n) is 6.20. The number of allylic oxidation sites excluding steroid dienone is 1. The van der Waals surface area contributed by atoms with Crippen LogP contribution in [0.5, 0.6) is 17.2 Å². The van der Waals surface area contributed by atoms with Crippen molar-refractivity contribution in [2.45, 2.75) is 20.5 Å². The third-order valence-corrected chi connectivity index (χ3v) is 6.55. The molecule has 0 bridgehead atoms. The fraction of sp³-hybridized carbons (Fsp3) is 0.250. The lowest BCUT2D eigenvalue weighted by Gasteiger charge is -2.10. The topological polar surface area (TPSA) is 44.8 Å². The standard InChI is InChI=1S/C28H26ClFO4/c1-28(2)22(16-23(29)19-10-12-20(32-3)13-11-19)26(28)27(31)33-17-18-9-14-24(30)25(15-18)34-21-7-5-4-6-8-21/h4-16,22,26H,17H2,1-3H3. The minimum absolute atomic E-state index is 0.0273. The van der Waals surface area contributed by atoms with Crippen LogP contribution in [0.25, 0.3) is 5.03 Å². The van der Waals surface area contributed by atoms with Gasteiger partial charge in [0, 0.05) is 5.03 Å². The smallest absolute Gasteiger partial charge is 0.310 e. The molecule has 1 saturated carbocycles. The number of halogens is 2. The molecule has 0 N–H and O–H groups in total. The molecule has 1 aliphatic carbocycles. The quantitative estimate of drug-likeness (QED) is 0.319. The first kappa shape index (κ1) is 23.8. The Morgan fingerprint density at radius 1 is 1.03 bits per heavy atom. The van der Waals surface area contributed by atoms with Gasteiger partial charge in [-0.05, 0) is 71.0 Å². The van der Waals surface area contributed by atoms with Crippen LogP contribution in [0.4, 0.5) is 4.39 Å². The first-order valence-electron chi connectivity index (χ1n) is 11.0. The summed E-state index contributed by atoms with van der Waals surface area (Å²) in [5.41, 5.74) is 1.23. The van der Waals surface area contributed by atoms with Gasteiger partial charge in [-0.25, -0.2) is 4.39 Å². The molecule has 1 fully saturated rings. The summed E-state index contributed by atoms with van der Waals surface area (Å²) in [6, 6.07) is 20.8. The molecule has 0 heterocycles. The van der Waals surface area contributed by atoms with Gasteiger partial charge in [0.25, 0.3) is 0 Å². The Morgan fingerprint density at radius 3 is 2.41 bits per heavy atom. The van der Waals surface area contributed by atoms with Crippen LogP contribution in [0.1, 0.15) is 25.0 Å². The molecule has 2 unspecified atom stereocenters. The number of rotatable bonds is 8. The highest BCUT2D eigenvalue weighted by atomic mass is 35.5. The van der Waals surface area contributed by atoms with Gasteiger partial charge in [-0.1, -0.05) is 55.8 Å². The summed E-state index contributed by atoms with van der Waals surface area (Å²) in [7, 11) is 1.61. The Balaban J connectivity index is 1.39. The highest BCUT2D eigenvalue weighted by molar-refractivity contribution is 6.48. The van der Waals surface area contributed by atoms with Crippen molar-refractivity contribution in [1.82, 2.24) is 0 Å². The van der Waals surface area contributed by atoms with E-state index in [1.54, 1.807) is 31.4 Å². The maximum atomic E-state index is 14.2. The highest BCUT2D eigenvalue weighted by Gasteiger charge is 2.61. The molecule has 0 aromatic heterocycles. The van der Waals surface area contributed by atoms with Crippen molar-refractivity contribution in [3.8, 4) is 17.2 Å². The third kappa shape index (κ3) is 5.26. The minimum Gasteiger partial charge on any atom is -0.497 e. The molecule has 34 heavy (non-hydrogen) atoms. The Kier molecular flexibility index (Phi) is 6.94. The molecule has 3 aromatic carbocycles. The average molecular weight is 481 g/mol. The second-order valence-electron chi connectivity index (χ2n) is 8.86. The van der Waals surface area contributed by atoms with Gasteiger partial charge in [0.15, 0.2) is 11.6 Å². The Morgan fingerprint density at radius 2 is 1.74 bits per heavy atom. The van der Waals surface area contributed by atoms with Crippen LogP contribution in [-0.2, 0) is 16.1 Å². The number of hydrogen-bond donors (Lipinski definition) is 0. The van der Waals surface area contributed by atoms with Gasteiger partial charge in [0.1, 0.15) is 18.1 Å². The van der Waals surface area contributed by atoms with Crippen molar-refractivity contribution in [3.63, 3.8) is 0 Å². The summed E-state index contributed by atoms with van der Waals surface area (Å²) >= 11 is 6.52. The summed E-state index contributed by atoms with van der Waals surface area (Å²) < 4.78 is 30.6. The van der Waals surface area contributed by atoms with E-state index in [-0.39, 0.29) is 35.6 Å². The average Bonchev–Trinajstić information content (AvgIpc) is 3.39. The van der Waals surface area contributed by atoms with Crippen molar-refractivity contribution >= 4 is 22.6 Å². The van der Waals surface area contributed by atoms with Crippen molar-refractivity contribution < 1.29 is 23.4 Å². The maximum Gasteiger partial charge on any atom is 0.310 e. The maximum absolute atomic E-state index is 14.2. The van der Waals surface area contributed by atoms with Crippen LogP contribution < -0.4 is 9.47 Å². The van der Waals surface area contributed by atoms with E-state index in [1.165, 1.54) is 6.07 Å². The summed E-state index contributed by atoms with van der Waals surface area (Å²) in [4.78, 5) is 12.8. The van der Waals surface area contributed by atoms with Crippen molar-refractivity contribution in [3.05, 3.63) is 95.8 Å². The molecule has 4 nitrogen and oxygen atoms in total. The predicted octanol–water partition coefficient (Wildman–Crippen LogP) is 7.22. The lowest BCUT2D eigenvalue weighted by Crippen LogP contribution is -2.10. The molecule has 6 heteroatoms. The Hall–Kier alpha value is -3.31. The molecule has 4 rings (SSSR count). The van der Waals surface area contributed by atoms with Crippen LogP contribution in [0.2, 0.25) is 0 Å². The molecule has 1 aliphatic rings. The van der Waals surface area contributed by atoms with Gasteiger partial charge in [0.2, 0.25) is 0 Å². The lowest BCUT2D eigenvalue weighted by molar-refractivity contribution is -0.147. The Labute approximate surface area is 203 Å². The molecule has 0 amide bonds. The van der Waals surface area contributed by atoms with E-state index in [2.05, 4.69) is 0 Å². The van der Waals surface area contributed by atoms with E-state index in [1.807, 2.05) is 62.4 Å². The number of carbonyl (C=O) groups excluding carboxylic acids is 1. The number of ether oxygens (including phenoxy) is 3. The van der Waals surface area contributed by atoms with Gasteiger partial charge in [-0.15, -0.1) is 0 Å². The second kappa shape index (κ2) is 9.90. The number of benzene rings is 3. The zero-order chi connectivity index (χ0) is 24.3. The summed E-state index contributed by atoms with van der Waals surface area (Å²) in [6.07, 6.45) is 1.92. The van der Waals surface area contributed by atoms with Crippen molar-refractivity contribution in [1.29, 1.82) is 0 Å². The first-order valence-corrected chi connectivity index (χ1v) is 11.4. The summed E-state index contributed by atoms with van der Waals surface area (Å²) in [6.45, 7) is 4.06. The summed E-state index contributed by atoms with van der Waals surface area (Å²) in [5, 5.41) is 0.581. The number of para-hydroxylation sites is 1. The van der Waals surface area contributed by atoms with E-state index in [9.17, 15) is 9.18 Å². The van der Waals surface area contributed by atoms with Crippen LogP contribution in [0.3, 0.4) is 0 Å². The van der Waals surface area contributed by atoms with Crippen LogP contribution >= 0.6 is 11.6 Å². The molecule has 176 valence electrons. The lowest BCUT2D eigenvalue weighted by atomic mass is 10.1. The number of methoxy groups -OCH3 is 1. The minimum atomic E-state index is -0.486. The van der Waals surface area contributed by atoms with Crippen molar-refractivity contribution in [2.75, 3.05) is 7.11 Å². The molecule has 0 radical (unpaired) electrons. The molecule has 0 saturated heterocycles. The molecular weight excluding hydrogens is 455 g/mol. The monoisotopic (exact) mass is 480 g/mol. The van der Waals surface area contributed by atoms with Gasteiger partial charge >= 0.3 is 5.97 Å². The van der Waals surface area contributed by atoms with Gasteiger partial charge in [-0.2, -0.15) is 0 Å². The normalized spacial score (nSPS) is 18.8. The van der Waals surface area contributed by atoms with E-state index in [0.717, 1.165) is 11.3 Å². The van der Waals surface area contributed by atoms with Gasteiger partial charge < -0.3 is 14.2 Å². The molecular formula is C28H26ClFO4. The highest BCUT2D eigenvalue weighted by Crippen LogP contribution is 2.60.